The monoisotopic (exact) mass is 323 g/mol. The number of amides is 1. The van der Waals surface area contributed by atoms with Gasteiger partial charge in [-0.3, -0.25) is 9.48 Å². The van der Waals surface area contributed by atoms with Crippen LogP contribution in [0.3, 0.4) is 0 Å². The van der Waals surface area contributed by atoms with Gasteiger partial charge in [-0.05, 0) is 29.8 Å². The van der Waals surface area contributed by atoms with Crippen molar-refractivity contribution in [2.24, 2.45) is 7.05 Å². The fourth-order valence-electron chi connectivity index (χ4n) is 2.56. The standard InChI is InChI=1S/C18H21N5O/c1-21(2)15-8-6-14(7-9-15)12-19-17(24)16-13-20-22(3)18(16)23-10-4-5-11-23/h4-11,13H,12H2,1-3H3,(H,19,24). The van der Waals surface area contributed by atoms with Gasteiger partial charge in [0.1, 0.15) is 11.4 Å². The second-order valence-corrected chi connectivity index (χ2v) is 5.84. The molecule has 2 heterocycles. The molecule has 124 valence electrons. The Labute approximate surface area is 141 Å². The van der Waals surface area contributed by atoms with E-state index in [9.17, 15) is 4.79 Å². The first-order valence-electron chi connectivity index (χ1n) is 7.76. The van der Waals surface area contributed by atoms with Crippen LogP contribution < -0.4 is 10.2 Å². The number of anilines is 1. The summed E-state index contributed by atoms with van der Waals surface area (Å²) in [5.41, 5.74) is 2.74. The average Bonchev–Trinajstić information content (AvgIpc) is 3.22. The van der Waals surface area contributed by atoms with Gasteiger partial charge in [-0.1, -0.05) is 12.1 Å². The minimum atomic E-state index is -0.136. The molecule has 6 nitrogen and oxygen atoms in total. The first-order valence-corrected chi connectivity index (χ1v) is 7.76. The molecule has 0 saturated heterocycles. The summed E-state index contributed by atoms with van der Waals surface area (Å²) < 4.78 is 3.58. The highest BCUT2D eigenvalue weighted by Gasteiger charge is 2.16. The quantitative estimate of drug-likeness (QED) is 0.783. The van der Waals surface area contributed by atoms with E-state index in [0.29, 0.717) is 12.1 Å². The molecule has 1 N–H and O–H groups in total. The average molecular weight is 323 g/mol. The molecule has 0 atom stereocenters. The number of hydrogen-bond donors (Lipinski definition) is 1. The maximum atomic E-state index is 12.5. The predicted molar refractivity (Wildman–Crippen MR) is 94.5 cm³/mol. The van der Waals surface area contributed by atoms with Crippen LogP contribution in [0.25, 0.3) is 5.82 Å². The van der Waals surface area contributed by atoms with E-state index in [2.05, 4.69) is 10.4 Å². The Hall–Kier alpha value is -3.02. The predicted octanol–water partition coefficient (Wildman–Crippen LogP) is 2.21. The minimum Gasteiger partial charge on any atom is -0.378 e. The van der Waals surface area contributed by atoms with Crippen molar-refractivity contribution in [2.45, 2.75) is 6.54 Å². The van der Waals surface area contributed by atoms with E-state index in [1.165, 1.54) is 0 Å². The van der Waals surface area contributed by atoms with Crippen molar-refractivity contribution in [3.8, 4) is 5.82 Å². The summed E-state index contributed by atoms with van der Waals surface area (Å²) in [6.07, 6.45) is 5.39. The highest BCUT2D eigenvalue weighted by Crippen LogP contribution is 2.15. The topological polar surface area (TPSA) is 55.1 Å². The SMILES string of the molecule is CN(C)c1ccc(CNC(=O)c2cnn(C)c2-n2cccc2)cc1. The van der Waals surface area contributed by atoms with Gasteiger partial charge in [0.2, 0.25) is 0 Å². The molecule has 0 unspecified atom stereocenters. The zero-order valence-electron chi connectivity index (χ0n) is 14.1. The van der Waals surface area contributed by atoms with Gasteiger partial charge >= 0.3 is 0 Å². The smallest absolute Gasteiger partial charge is 0.256 e. The van der Waals surface area contributed by atoms with Crippen molar-refractivity contribution >= 4 is 11.6 Å². The summed E-state index contributed by atoms with van der Waals surface area (Å²) in [6, 6.07) is 12.0. The summed E-state index contributed by atoms with van der Waals surface area (Å²) >= 11 is 0. The number of benzene rings is 1. The van der Waals surface area contributed by atoms with E-state index >= 15 is 0 Å². The number of nitrogens with zero attached hydrogens (tertiary/aromatic N) is 4. The molecule has 0 radical (unpaired) electrons. The van der Waals surface area contributed by atoms with Crippen LogP contribution in [0.2, 0.25) is 0 Å². The molecule has 0 bridgehead atoms. The minimum absolute atomic E-state index is 0.136. The van der Waals surface area contributed by atoms with E-state index in [1.807, 2.05) is 79.4 Å². The van der Waals surface area contributed by atoms with Crippen molar-refractivity contribution in [3.63, 3.8) is 0 Å². The number of carbonyl (C=O) groups is 1. The summed E-state index contributed by atoms with van der Waals surface area (Å²) in [7, 11) is 5.83. The Balaban J connectivity index is 1.72. The summed E-state index contributed by atoms with van der Waals surface area (Å²) in [4.78, 5) is 14.6. The van der Waals surface area contributed by atoms with Crippen LogP contribution in [-0.4, -0.2) is 34.4 Å². The lowest BCUT2D eigenvalue weighted by atomic mass is 10.2. The molecule has 3 aromatic rings. The van der Waals surface area contributed by atoms with E-state index in [1.54, 1.807) is 10.9 Å². The van der Waals surface area contributed by atoms with Crippen LogP contribution in [-0.2, 0) is 13.6 Å². The van der Waals surface area contributed by atoms with Crippen LogP contribution in [0.5, 0.6) is 0 Å². The van der Waals surface area contributed by atoms with Gasteiger partial charge in [0.05, 0.1) is 6.20 Å². The molecule has 0 spiro atoms. The number of aromatic nitrogens is 3. The second kappa shape index (κ2) is 6.62. The number of rotatable bonds is 5. The normalized spacial score (nSPS) is 10.6. The van der Waals surface area contributed by atoms with Gasteiger partial charge in [-0.25, -0.2) is 0 Å². The lowest BCUT2D eigenvalue weighted by molar-refractivity contribution is 0.0951. The summed E-state index contributed by atoms with van der Waals surface area (Å²) in [6.45, 7) is 0.479. The number of hydrogen-bond acceptors (Lipinski definition) is 3. The van der Waals surface area contributed by atoms with Gasteiger partial charge < -0.3 is 14.8 Å². The highest BCUT2D eigenvalue weighted by atomic mass is 16.1. The van der Waals surface area contributed by atoms with Crippen molar-refractivity contribution in [1.29, 1.82) is 0 Å². The van der Waals surface area contributed by atoms with E-state index in [0.717, 1.165) is 17.1 Å². The molecule has 6 heteroatoms. The molecule has 0 aliphatic rings. The van der Waals surface area contributed by atoms with Crippen LogP contribution in [0, 0.1) is 0 Å². The van der Waals surface area contributed by atoms with Gasteiger partial charge in [0.25, 0.3) is 5.91 Å². The summed E-state index contributed by atoms with van der Waals surface area (Å²) in [5, 5.41) is 7.17. The molecule has 1 aromatic carbocycles. The van der Waals surface area contributed by atoms with E-state index < -0.39 is 0 Å². The Kier molecular flexibility index (Phi) is 4.37. The maximum Gasteiger partial charge on any atom is 0.256 e. The molecule has 2 aromatic heterocycles. The van der Waals surface area contributed by atoms with E-state index in [4.69, 9.17) is 0 Å². The zero-order valence-corrected chi connectivity index (χ0v) is 14.1. The summed E-state index contributed by atoms with van der Waals surface area (Å²) in [5.74, 6) is 0.615. The first-order chi connectivity index (χ1) is 11.6. The van der Waals surface area contributed by atoms with Crippen LogP contribution >= 0.6 is 0 Å². The largest absolute Gasteiger partial charge is 0.378 e. The Bertz CT molecular complexity index is 816. The van der Waals surface area contributed by atoms with Crippen molar-refractivity contribution < 1.29 is 4.79 Å². The fourth-order valence-corrected chi connectivity index (χ4v) is 2.56. The van der Waals surface area contributed by atoms with Gasteiger partial charge in [0, 0.05) is 45.8 Å². The van der Waals surface area contributed by atoms with Crippen LogP contribution in [0.4, 0.5) is 5.69 Å². The molecule has 24 heavy (non-hydrogen) atoms. The van der Waals surface area contributed by atoms with Crippen LogP contribution in [0.15, 0.2) is 55.0 Å². The molecule has 0 saturated carbocycles. The third kappa shape index (κ3) is 3.17. The number of aryl methyl sites for hydroxylation is 1. The lowest BCUT2D eigenvalue weighted by Crippen LogP contribution is -2.24. The molecule has 0 aliphatic carbocycles. The molecule has 1 amide bonds. The maximum absolute atomic E-state index is 12.5. The van der Waals surface area contributed by atoms with Gasteiger partial charge in [-0.15, -0.1) is 0 Å². The fraction of sp³-hybridized carbons (Fsp3) is 0.222. The molecule has 0 fully saturated rings. The lowest BCUT2D eigenvalue weighted by Gasteiger charge is -2.13. The van der Waals surface area contributed by atoms with Crippen molar-refractivity contribution in [3.05, 3.63) is 66.1 Å². The third-order valence-corrected chi connectivity index (χ3v) is 3.91. The molecular weight excluding hydrogens is 302 g/mol. The number of carbonyl (C=O) groups excluding carboxylic acids is 1. The van der Waals surface area contributed by atoms with Crippen molar-refractivity contribution in [1.82, 2.24) is 19.7 Å². The Morgan fingerprint density at radius 1 is 1.17 bits per heavy atom. The zero-order chi connectivity index (χ0) is 17.1. The van der Waals surface area contributed by atoms with Gasteiger partial charge in [0.15, 0.2) is 0 Å². The molecule has 0 aliphatic heterocycles. The van der Waals surface area contributed by atoms with Crippen molar-refractivity contribution in [2.75, 3.05) is 19.0 Å². The highest BCUT2D eigenvalue weighted by molar-refractivity contribution is 5.97. The second-order valence-electron chi connectivity index (χ2n) is 5.84. The Morgan fingerprint density at radius 3 is 2.46 bits per heavy atom. The first kappa shape index (κ1) is 15.9. The van der Waals surface area contributed by atoms with Gasteiger partial charge in [-0.2, -0.15) is 5.10 Å². The third-order valence-electron chi connectivity index (χ3n) is 3.91. The molecular formula is C18H21N5O. The van der Waals surface area contributed by atoms with Crippen LogP contribution in [0.1, 0.15) is 15.9 Å². The van der Waals surface area contributed by atoms with E-state index in [-0.39, 0.29) is 5.91 Å². The Morgan fingerprint density at radius 2 is 1.83 bits per heavy atom. The number of nitrogens with one attached hydrogen (secondary N) is 1. The molecule has 3 rings (SSSR count).